The number of aromatic amines is 2. The van der Waals surface area contributed by atoms with Crippen LogP contribution < -0.4 is 0 Å². The van der Waals surface area contributed by atoms with Gasteiger partial charge < -0.3 is 14.9 Å². The number of nitrogens with zero attached hydrogens (tertiary/aromatic N) is 3. The van der Waals surface area contributed by atoms with Crippen molar-refractivity contribution in [2.75, 3.05) is 13.1 Å². The number of H-pyrrole nitrogens is 2. The summed E-state index contributed by atoms with van der Waals surface area (Å²) in [6.07, 6.45) is 0. The molecular formula is C23H25N5O. The van der Waals surface area contributed by atoms with E-state index in [1.807, 2.05) is 75.1 Å². The fourth-order valence-electron chi connectivity index (χ4n) is 3.53. The first-order valence-electron chi connectivity index (χ1n) is 9.93. The SMILES string of the molecule is CCN(CC)C(=O)c1ccc2nc(-c3ccccc3-c3nc(C)c(C)[nH]3)[nH]c2c1. The van der Waals surface area contributed by atoms with Crippen LogP contribution in [0.3, 0.4) is 0 Å². The molecule has 4 aromatic rings. The fraction of sp³-hybridized carbons (Fsp3) is 0.261. The molecule has 0 radical (unpaired) electrons. The lowest BCUT2D eigenvalue weighted by Crippen LogP contribution is -2.30. The monoisotopic (exact) mass is 387 g/mol. The number of carbonyl (C=O) groups is 1. The van der Waals surface area contributed by atoms with Crippen molar-refractivity contribution in [3.63, 3.8) is 0 Å². The number of fused-ring (bicyclic) bond motifs is 1. The highest BCUT2D eigenvalue weighted by Crippen LogP contribution is 2.30. The molecule has 29 heavy (non-hydrogen) atoms. The molecule has 2 aromatic heterocycles. The third-order valence-electron chi connectivity index (χ3n) is 5.34. The smallest absolute Gasteiger partial charge is 0.253 e. The number of hydrogen-bond donors (Lipinski definition) is 2. The lowest BCUT2D eigenvalue weighted by atomic mass is 10.1. The topological polar surface area (TPSA) is 77.7 Å². The third-order valence-corrected chi connectivity index (χ3v) is 5.34. The van der Waals surface area contributed by atoms with Crippen molar-refractivity contribution in [1.82, 2.24) is 24.8 Å². The molecule has 0 spiro atoms. The van der Waals surface area contributed by atoms with E-state index >= 15 is 0 Å². The Bertz CT molecular complexity index is 1160. The molecule has 0 aliphatic heterocycles. The number of aromatic nitrogens is 4. The normalized spacial score (nSPS) is 11.2. The largest absolute Gasteiger partial charge is 0.342 e. The molecule has 148 valence electrons. The second-order valence-electron chi connectivity index (χ2n) is 7.14. The summed E-state index contributed by atoms with van der Waals surface area (Å²) in [5.41, 5.74) is 6.34. The summed E-state index contributed by atoms with van der Waals surface area (Å²) < 4.78 is 0. The molecule has 4 rings (SSSR count). The highest BCUT2D eigenvalue weighted by molar-refractivity contribution is 5.98. The molecule has 0 saturated carbocycles. The maximum Gasteiger partial charge on any atom is 0.253 e. The molecule has 0 aliphatic carbocycles. The van der Waals surface area contributed by atoms with Crippen molar-refractivity contribution in [3.8, 4) is 22.8 Å². The van der Waals surface area contributed by atoms with Crippen molar-refractivity contribution < 1.29 is 4.79 Å². The van der Waals surface area contributed by atoms with Crippen LogP contribution in [0.1, 0.15) is 35.6 Å². The molecule has 0 fully saturated rings. The first-order valence-corrected chi connectivity index (χ1v) is 9.93. The Labute approximate surface area is 170 Å². The van der Waals surface area contributed by atoms with E-state index < -0.39 is 0 Å². The van der Waals surface area contributed by atoms with Gasteiger partial charge in [-0.1, -0.05) is 24.3 Å². The molecule has 2 aromatic carbocycles. The number of imidazole rings is 2. The van der Waals surface area contributed by atoms with Crippen molar-refractivity contribution in [2.45, 2.75) is 27.7 Å². The lowest BCUT2D eigenvalue weighted by Gasteiger charge is -2.18. The molecule has 0 aliphatic rings. The molecule has 0 atom stereocenters. The third kappa shape index (κ3) is 3.42. The zero-order valence-corrected chi connectivity index (χ0v) is 17.2. The molecule has 0 saturated heterocycles. The Morgan fingerprint density at radius 2 is 1.59 bits per heavy atom. The van der Waals surface area contributed by atoms with E-state index in [-0.39, 0.29) is 5.91 Å². The van der Waals surface area contributed by atoms with Crippen LogP contribution in [-0.2, 0) is 0 Å². The second kappa shape index (κ2) is 7.54. The summed E-state index contributed by atoms with van der Waals surface area (Å²) in [6.45, 7) is 9.37. The van der Waals surface area contributed by atoms with Crippen molar-refractivity contribution in [2.24, 2.45) is 0 Å². The van der Waals surface area contributed by atoms with Gasteiger partial charge in [0.1, 0.15) is 11.6 Å². The number of carbonyl (C=O) groups excluding carboxylic acids is 1. The average Bonchev–Trinajstić information content (AvgIpc) is 3.31. The highest BCUT2D eigenvalue weighted by atomic mass is 16.2. The summed E-state index contributed by atoms with van der Waals surface area (Å²) in [7, 11) is 0. The Balaban J connectivity index is 1.77. The zero-order valence-electron chi connectivity index (χ0n) is 17.2. The molecule has 2 N–H and O–H groups in total. The van der Waals surface area contributed by atoms with E-state index in [1.165, 1.54) is 0 Å². The van der Waals surface area contributed by atoms with Gasteiger partial charge in [0.2, 0.25) is 0 Å². The highest BCUT2D eigenvalue weighted by Gasteiger charge is 2.16. The van der Waals surface area contributed by atoms with Crippen LogP contribution in [0, 0.1) is 13.8 Å². The summed E-state index contributed by atoms with van der Waals surface area (Å²) in [5, 5.41) is 0. The molecule has 1 amide bonds. The van der Waals surface area contributed by atoms with Crippen LogP contribution in [0.15, 0.2) is 42.5 Å². The van der Waals surface area contributed by atoms with Gasteiger partial charge in [0.25, 0.3) is 5.91 Å². The van der Waals surface area contributed by atoms with Crippen LogP contribution in [0.4, 0.5) is 0 Å². The van der Waals surface area contributed by atoms with Gasteiger partial charge in [-0.05, 0) is 45.9 Å². The van der Waals surface area contributed by atoms with Gasteiger partial charge in [-0.3, -0.25) is 4.79 Å². The summed E-state index contributed by atoms with van der Waals surface area (Å²) in [6, 6.07) is 13.7. The van der Waals surface area contributed by atoms with E-state index in [2.05, 4.69) is 15.0 Å². The minimum Gasteiger partial charge on any atom is -0.342 e. The van der Waals surface area contributed by atoms with Crippen molar-refractivity contribution >= 4 is 16.9 Å². The predicted molar refractivity (Wildman–Crippen MR) is 116 cm³/mol. The second-order valence-corrected chi connectivity index (χ2v) is 7.14. The van der Waals surface area contributed by atoms with Crippen LogP contribution in [0.5, 0.6) is 0 Å². The van der Waals surface area contributed by atoms with E-state index in [1.54, 1.807) is 0 Å². The number of benzene rings is 2. The minimum absolute atomic E-state index is 0.0370. The molecule has 6 nitrogen and oxygen atoms in total. The Hall–Kier alpha value is -3.41. The number of aryl methyl sites for hydroxylation is 2. The quantitative estimate of drug-likeness (QED) is 0.520. The van der Waals surface area contributed by atoms with Gasteiger partial charge >= 0.3 is 0 Å². The zero-order chi connectivity index (χ0) is 20.5. The first-order chi connectivity index (χ1) is 14.0. The molecule has 0 bridgehead atoms. The van der Waals surface area contributed by atoms with Gasteiger partial charge in [-0.15, -0.1) is 0 Å². The van der Waals surface area contributed by atoms with Crippen LogP contribution in [0.25, 0.3) is 33.8 Å². The van der Waals surface area contributed by atoms with Crippen LogP contribution in [0.2, 0.25) is 0 Å². The van der Waals surface area contributed by atoms with Crippen LogP contribution >= 0.6 is 0 Å². The predicted octanol–water partition coefficient (Wildman–Crippen LogP) is 4.72. The van der Waals surface area contributed by atoms with Crippen molar-refractivity contribution in [1.29, 1.82) is 0 Å². The Morgan fingerprint density at radius 3 is 2.17 bits per heavy atom. The molecular weight excluding hydrogens is 362 g/mol. The number of rotatable bonds is 5. The van der Waals surface area contributed by atoms with E-state index in [4.69, 9.17) is 4.98 Å². The Morgan fingerprint density at radius 1 is 0.931 bits per heavy atom. The molecule has 0 unspecified atom stereocenters. The van der Waals surface area contributed by atoms with E-state index in [9.17, 15) is 4.79 Å². The van der Waals surface area contributed by atoms with E-state index in [0.717, 1.165) is 45.2 Å². The maximum absolute atomic E-state index is 12.7. The van der Waals surface area contributed by atoms with Gasteiger partial charge in [-0.25, -0.2) is 9.97 Å². The van der Waals surface area contributed by atoms with Gasteiger partial charge in [0, 0.05) is 35.5 Å². The van der Waals surface area contributed by atoms with Gasteiger partial charge in [0.15, 0.2) is 0 Å². The summed E-state index contributed by atoms with van der Waals surface area (Å²) in [4.78, 5) is 30.6. The minimum atomic E-state index is 0.0370. The average molecular weight is 387 g/mol. The van der Waals surface area contributed by atoms with Gasteiger partial charge in [-0.2, -0.15) is 0 Å². The van der Waals surface area contributed by atoms with Crippen LogP contribution in [-0.4, -0.2) is 43.8 Å². The molecule has 2 heterocycles. The number of nitrogens with one attached hydrogen (secondary N) is 2. The molecule has 6 heteroatoms. The first kappa shape index (κ1) is 18.9. The van der Waals surface area contributed by atoms with Crippen molar-refractivity contribution in [3.05, 3.63) is 59.4 Å². The lowest BCUT2D eigenvalue weighted by molar-refractivity contribution is 0.0773. The maximum atomic E-state index is 12.7. The summed E-state index contributed by atoms with van der Waals surface area (Å²) in [5.74, 6) is 1.62. The van der Waals surface area contributed by atoms with Gasteiger partial charge in [0.05, 0.1) is 16.7 Å². The standard InChI is InChI=1S/C23H25N5O/c1-5-28(6-2)23(29)16-11-12-19-20(13-16)27-22(26-19)18-10-8-7-9-17(18)21-24-14(3)15(4)25-21/h7-13H,5-6H2,1-4H3,(H,24,25)(H,26,27). The van der Waals surface area contributed by atoms with E-state index in [0.29, 0.717) is 18.7 Å². The number of hydrogen-bond acceptors (Lipinski definition) is 3. The Kier molecular flexibility index (Phi) is 4.92. The number of amides is 1. The fourth-order valence-corrected chi connectivity index (χ4v) is 3.53. The summed E-state index contributed by atoms with van der Waals surface area (Å²) >= 11 is 0.